The van der Waals surface area contributed by atoms with E-state index in [1.807, 2.05) is 50.2 Å². The number of esters is 1. The first-order valence-electron chi connectivity index (χ1n) is 10.8. The number of anilines is 2. The van der Waals surface area contributed by atoms with Gasteiger partial charge >= 0.3 is 5.97 Å². The third kappa shape index (κ3) is 5.85. The minimum absolute atomic E-state index is 0.183. The standard InChI is InChI=1S/C27H22N2O4S2/c1-17-7-13-21(14-8-17)28-24(30)16-33-26(32)20-11-9-19(10-12-20)15-23-25(31)29(27(34)35-23)22-6-4-3-5-18(22)2/h3-15H,16H2,1-2H3,(H,28,30)/b23-15-. The Hall–Kier alpha value is -3.75. The van der Waals surface area contributed by atoms with Crippen LogP contribution < -0.4 is 10.2 Å². The van der Waals surface area contributed by atoms with E-state index in [4.69, 9.17) is 17.0 Å². The molecule has 1 N–H and O–H groups in total. The third-order valence-corrected chi connectivity index (χ3v) is 6.57. The molecular formula is C27H22N2O4S2. The summed E-state index contributed by atoms with van der Waals surface area (Å²) in [4.78, 5) is 39.4. The smallest absolute Gasteiger partial charge is 0.338 e. The molecule has 1 heterocycles. The van der Waals surface area contributed by atoms with Gasteiger partial charge in [0.2, 0.25) is 0 Å². The second kappa shape index (κ2) is 10.7. The molecule has 0 aliphatic carbocycles. The number of thiocarbonyl (C=S) groups is 1. The van der Waals surface area contributed by atoms with Crippen molar-refractivity contribution in [2.24, 2.45) is 0 Å². The van der Waals surface area contributed by atoms with E-state index in [0.717, 1.165) is 22.4 Å². The number of hydrogen-bond donors (Lipinski definition) is 1. The summed E-state index contributed by atoms with van der Waals surface area (Å²) in [5.74, 6) is -1.21. The minimum atomic E-state index is -0.610. The van der Waals surface area contributed by atoms with Crippen LogP contribution in [0.2, 0.25) is 0 Å². The summed E-state index contributed by atoms with van der Waals surface area (Å²) >= 11 is 6.67. The number of nitrogens with one attached hydrogen (secondary N) is 1. The summed E-state index contributed by atoms with van der Waals surface area (Å²) in [6.45, 7) is 3.49. The zero-order valence-corrected chi connectivity index (χ0v) is 20.7. The molecule has 0 saturated carbocycles. The average molecular weight is 503 g/mol. The number of amides is 2. The van der Waals surface area contributed by atoms with E-state index >= 15 is 0 Å². The fourth-order valence-electron chi connectivity index (χ4n) is 3.40. The van der Waals surface area contributed by atoms with Crippen molar-refractivity contribution >= 4 is 63.5 Å². The van der Waals surface area contributed by atoms with E-state index in [1.165, 1.54) is 16.7 Å². The Labute approximate surface area is 213 Å². The van der Waals surface area contributed by atoms with Gasteiger partial charge in [-0.25, -0.2) is 4.79 Å². The van der Waals surface area contributed by atoms with Crippen LogP contribution in [-0.4, -0.2) is 28.7 Å². The van der Waals surface area contributed by atoms with Crippen LogP contribution in [0.1, 0.15) is 27.0 Å². The summed E-state index contributed by atoms with van der Waals surface area (Å²) in [5.41, 5.74) is 4.48. The topological polar surface area (TPSA) is 75.7 Å². The summed E-state index contributed by atoms with van der Waals surface area (Å²) in [6, 6.07) is 21.5. The number of rotatable bonds is 6. The molecule has 0 unspecified atom stereocenters. The molecule has 0 aromatic heterocycles. The van der Waals surface area contributed by atoms with Gasteiger partial charge in [0.25, 0.3) is 11.8 Å². The lowest BCUT2D eigenvalue weighted by molar-refractivity contribution is -0.119. The lowest BCUT2D eigenvalue weighted by Gasteiger charge is -2.16. The van der Waals surface area contributed by atoms with Crippen molar-refractivity contribution in [2.75, 3.05) is 16.8 Å². The first-order valence-corrected chi connectivity index (χ1v) is 12.0. The van der Waals surface area contributed by atoms with Gasteiger partial charge in [-0.2, -0.15) is 0 Å². The van der Waals surface area contributed by atoms with Crippen molar-refractivity contribution in [3.05, 3.63) is 100.0 Å². The van der Waals surface area contributed by atoms with Crippen LogP contribution in [0.5, 0.6) is 0 Å². The lowest BCUT2D eigenvalue weighted by Crippen LogP contribution is -2.28. The van der Waals surface area contributed by atoms with Crippen LogP contribution in [0.15, 0.2) is 77.7 Å². The Morgan fingerprint density at radius 3 is 2.37 bits per heavy atom. The number of ether oxygens (including phenoxy) is 1. The molecule has 1 aliphatic rings. The van der Waals surface area contributed by atoms with Crippen molar-refractivity contribution in [1.29, 1.82) is 0 Å². The number of carbonyl (C=O) groups excluding carboxylic acids is 3. The molecule has 35 heavy (non-hydrogen) atoms. The van der Waals surface area contributed by atoms with Crippen LogP contribution in [0.25, 0.3) is 6.08 Å². The first kappa shape index (κ1) is 24.4. The highest BCUT2D eigenvalue weighted by Gasteiger charge is 2.33. The van der Waals surface area contributed by atoms with Gasteiger partial charge in [-0.15, -0.1) is 0 Å². The Morgan fingerprint density at radius 1 is 1.00 bits per heavy atom. The van der Waals surface area contributed by atoms with Crippen molar-refractivity contribution in [2.45, 2.75) is 13.8 Å². The largest absolute Gasteiger partial charge is 0.452 e. The molecular weight excluding hydrogens is 480 g/mol. The predicted octanol–water partition coefficient (Wildman–Crippen LogP) is 5.50. The number of carbonyl (C=O) groups is 3. The molecule has 1 aliphatic heterocycles. The van der Waals surface area contributed by atoms with Crippen LogP contribution in [0, 0.1) is 13.8 Å². The van der Waals surface area contributed by atoms with Crippen LogP contribution in [0.3, 0.4) is 0 Å². The first-order chi connectivity index (χ1) is 16.8. The molecule has 4 rings (SSSR count). The van der Waals surface area contributed by atoms with Crippen molar-refractivity contribution in [3.63, 3.8) is 0 Å². The summed E-state index contributed by atoms with van der Waals surface area (Å²) in [7, 11) is 0. The van der Waals surface area contributed by atoms with E-state index in [2.05, 4.69) is 5.32 Å². The molecule has 3 aromatic rings. The maximum atomic E-state index is 13.0. The Kier molecular flexibility index (Phi) is 7.43. The summed E-state index contributed by atoms with van der Waals surface area (Å²) < 4.78 is 5.59. The number of thioether (sulfide) groups is 1. The number of aryl methyl sites for hydroxylation is 2. The molecule has 0 bridgehead atoms. The second-order valence-electron chi connectivity index (χ2n) is 7.92. The number of para-hydroxylation sites is 1. The van der Waals surface area contributed by atoms with Crippen LogP contribution in [-0.2, 0) is 14.3 Å². The average Bonchev–Trinajstić information content (AvgIpc) is 3.12. The highest BCUT2D eigenvalue weighted by molar-refractivity contribution is 8.27. The maximum absolute atomic E-state index is 13.0. The van der Waals surface area contributed by atoms with Crippen molar-refractivity contribution in [3.8, 4) is 0 Å². The van der Waals surface area contributed by atoms with E-state index in [0.29, 0.717) is 20.5 Å². The maximum Gasteiger partial charge on any atom is 0.338 e. The van der Waals surface area contributed by atoms with Crippen LogP contribution >= 0.6 is 24.0 Å². The molecule has 0 atom stereocenters. The molecule has 0 spiro atoms. The monoisotopic (exact) mass is 502 g/mol. The van der Waals surface area contributed by atoms with Gasteiger partial charge in [-0.3, -0.25) is 14.5 Å². The Balaban J connectivity index is 1.37. The summed E-state index contributed by atoms with van der Waals surface area (Å²) in [5, 5.41) is 2.68. The zero-order chi connectivity index (χ0) is 24.9. The highest BCUT2D eigenvalue weighted by atomic mass is 32.2. The SMILES string of the molecule is Cc1ccc(NC(=O)COC(=O)c2ccc(/C=C3\SC(=S)N(c4ccccc4C)C3=O)cc2)cc1. The minimum Gasteiger partial charge on any atom is -0.452 e. The molecule has 3 aromatic carbocycles. The quantitative estimate of drug-likeness (QED) is 0.272. The number of nitrogens with zero attached hydrogens (tertiary/aromatic N) is 1. The Bertz CT molecular complexity index is 1330. The molecule has 0 radical (unpaired) electrons. The Morgan fingerprint density at radius 2 is 1.69 bits per heavy atom. The van der Waals surface area contributed by atoms with Crippen molar-refractivity contribution in [1.82, 2.24) is 0 Å². The van der Waals surface area contributed by atoms with Gasteiger partial charge in [-0.1, -0.05) is 72.0 Å². The predicted molar refractivity (Wildman–Crippen MR) is 143 cm³/mol. The van der Waals surface area contributed by atoms with Gasteiger partial charge in [0.15, 0.2) is 10.9 Å². The van der Waals surface area contributed by atoms with Gasteiger partial charge in [-0.05, 0) is 61.4 Å². The van der Waals surface area contributed by atoms with Gasteiger partial charge < -0.3 is 10.1 Å². The second-order valence-corrected chi connectivity index (χ2v) is 9.59. The van der Waals surface area contributed by atoms with Gasteiger partial charge in [0, 0.05) is 5.69 Å². The fraction of sp³-hybridized carbons (Fsp3) is 0.111. The fourth-order valence-corrected chi connectivity index (χ4v) is 4.69. The molecule has 1 fully saturated rings. The van der Waals surface area contributed by atoms with E-state index in [-0.39, 0.29) is 5.91 Å². The van der Waals surface area contributed by atoms with E-state index in [9.17, 15) is 14.4 Å². The molecule has 176 valence electrons. The van der Waals surface area contributed by atoms with Gasteiger partial charge in [0.1, 0.15) is 0 Å². The number of hydrogen-bond acceptors (Lipinski definition) is 6. The number of benzene rings is 3. The van der Waals surface area contributed by atoms with E-state index in [1.54, 1.807) is 42.5 Å². The normalized spacial score (nSPS) is 14.3. The third-order valence-electron chi connectivity index (χ3n) is 5.26. The zero-order valence-electron chi connectivity index (χ0n) is 19.1. The molecule has 2 amide bonds. The van der Waals surface area contributed by atoms with Gasteiger partial charge in [0.05, 0.1) is 16.2 Å². The molecule has 6 nitrogen and oxygen atoms in total. The molecule has 1 saturated heterocycles. The lowest BCUT2D eigenvalue weighted by atomic mass is 10.1. The summed E-state index contributed by atoms with van der Waals surface area (Å²) in [6.07, 6.45) is 1.74. The highest BCUT2D eigenvalue weighted by Crippen LogP contribution is 2.37. The molecule has 8 heteroatoms. The van der Waals surface area contributed by atoms with Crippen molar-refractivity contribution < 1.29 is 19.1 Å². The van der Waals surface area contributed by atoms with E-state index < -0.39 is 18.5 Å². The van der Waals surface area contributed by atoms with Crippen LogP contribution in [0.4, 0.5) is 11.4 Å².